The highest BCUT2D eigenvalue weighted by atomic mass is 32.2. The first-order valence-corrected chi connectivity index (χ1v) is 4.80. The van der Waals surface area contributed by atoms with Crippen molar-refractivity contribution in [3.05, 3.63) is 36.1 Å². The van der Waals surface area contributed by atoms with Crippen molar-refractivity contribution in [1.29, 1.82) is 0 Å². The Balaban J connectivity index is 2.77. The van der Waals surface area contributed by atoms with Crippen molar-refractivity contribution >= 4 is 16.2 Å². The topological polar surface area (TPSA) is 43.4 Å². The fraction of sp³-hybridized carbons (Fsp3) is 0. The van der Waals surface area contributed by atoms with Gasteiger partial charge in [0.2, 0.25) is 0 Å². The Bertz CT molecular complexity index is 431. The van der Waals surface area contributed by atoms with Gasteiger partial charge >= 0.3 is 10.1 Å². The van der Waals surface area contributed by atoms with E-state index in [9.17, 15) is 8.42 Å². The van der Waals surface area contributed by atoms with Gasteiger partial charge in [-0.25, -0.2) is 0 Å². The molecule has 3 nitrogen and oxygen atoms in total. The average molecular weight is 182 g/mol. The van der Waals surface area contributed by atoms with Crippen LogP contribution >= 0.6 is 0 Å². The lowest BCUT2D eigenvalue weighted by Crippen LogP contribution is -2.07. The molecule has 12 heavy (non-hydrogen) atoms. The van der Waals surface area contributed by atoms with Crippen LogP contribution in [0.25, 0.3) is 6.08 Å². The summed E-state index contributed by atoms with van der Waals surface area (Å²) < 4.78 is 26.9. The van der Waals surface area contributed by atoms with Crippen LogP contribution in [0.15, 0.2) is 35.4 Å². The molecule has 1 heterocycles. The first-order valence-electron chi connectivity index (χ1n) is 3.39. The van der Waals surface area contributed by atoms with E-state index in [0.717, 1.165) is 0 Å². The van der Waals surface area contributed by atoms with E-state index in [1.165, 1.54) is 12.3 Å². The van der Waals surface area contributed by atoms with Gasteiger partial charge in [0.15, 0.2) is 0 Å². The Morgan fingerprint density at radius 2 is 1.92 bits per heavy atom. The summed E-state index contributed by atoms with van der Waals surface area (Å²) in [5.74, 6) is 0. The molecule has 62 valence electrons. The van der Waals surface area contributed by atoms with E-state index < -0.39 is 10.1 Å². The number of benzene rings is 1. The molecule has 0 unspecified atom stereocenters. The van der Waals surface area contributed by atoms with Gasteiger partial charge in [-0.15, -0.1) is 0 Å². The van der Waals surface area contributed by atoms with E-state index >= 15 is 0 Å². The molecule has 0 bridgehead atoms. The molecule has 1 aliphatic rings. The van der Waals surface area contributed by atoms with E-state index in [1.807, 2.05) is 0 Å². The molecule has 4 heteroatoms. The third-order valence-electron chi connectivity index (χ3n) is 1.62. The zero-order valence-corrected chi connectivity index (χ0v) is 6.91. The van der Waals surface area contributed by atoms with Crippen molar-refractivity contribution in [3.63, 3.8) is 0 Å². The van der Waals surface area contributed by atoms with Crippen LogP contribution in [0.3, 0.4) is 0 Å². The predicted octanol–water partition coefficient (Wildman–Crippen LogP) is 1.38. The van der Waals surface area contributed by atoms with Gasteiger partial charge in [0, 0.05) is 0 Å². The summed E-state index contributed by atoms with van der Waals surface area (Å²) in [5, 5.41) is 0. The fourth-order valence-corrected chi connectivity index (χ4v) is 2.05. The summed E-state index contributed by atoms with van der Waals surface area (Å²) in [4.78, 5) is 0.229. The molecule has 0 saturated carbocycles. The second-order valence-electron chi connectivity index (χ2n) is 2.39. The van der Waals surface area contributed by atoms with E-state index in [1.54, 1.807) is 24.3 Å². The van der Waals surface area contributed by atoms with Gasteiger partial charge in [-0.3, -0.25) is 0 Å². The monoisotopic (exact) mass is 182 g/mol. The highest BCUT2D eigenvalue weighted by Crippen LogP contribution is 2.23. The molecule has 0 aromatic heterocycles. The van der Waals surface area contributed by atoms with Gasteiger partial charge in [0.05, 0.1) is 0 Å². The Morgan fingerprint density at radius 3 is 2.67 bits per heavy atom. The smallest absolute Gasteiger partial charge is 0.339 e. The lowest BCUT2D eigenvalue weighted by molar-refractivity contribution is 0.442. The summed E-state index contributed by atoms with van der Waals surface area (Å²) in [7, 11) is -3.53. The number of fused-ring (bicyclic) bond motifs is 1. The summed E-state index contributed by atoms with van der Waals surface area (Å²) in [6.45, 7) is 0. The van der Waals surface area contributed by atoms with Gasteiger partial charge in [-0.05, 0) is 17.7 Å². The first-order chi connectivity index (χ1) is 5.70. The maximum Gasteiger partial charge on any atom is 0.339 e. The third kappa shape index (κ3) is 1.00. The third-order valence-corrected chi connectivity index (χ3v) is 2.89. The number of rotatable bonds is 0. The van der Waals surface area contributed by atoms with Crippen LogP contribution in [0.5, 0.6) is 0 Å². The van der Waals surface area contributed by atoms with Gasteiger partial charge < -0.3 is 4.18 Å². The molecule has 0 N–H and O–H groups in total. The summed E-state index contributed by atoms with van der Waals surface area (Å²) in [5.41, 5.74) is 0.670. The maximum absolute atomic E-state index is 11.2. The van der Waals surface area contributed by atoms with Crippen LogP contribution < -0.4 is 0 Å². The minimum absolute atomic E-state index is 0.229. The predicted molar refractivity (Wildman–Crippen MR) is 43.7 cm³/mol. The van der Waals surface area contributed by atoms with Crippen molar-refractivity contribution in [3.8, 4) is 0 Å². The molecular formula is C8H6O3S. The molecule has 0 atom stereocenters. The van der Waals surface area contributed by atoms with Crippen LogP contribution in [0, 0.1) is 0 Å². The van der Waals surface area contributed by atoms with Crippen molar-refractivity contribution in [2.45, 2.75) is 4.90 Å². The molecule has 0 fully saturated rings. The molecule has 0 amide bonds. The highest BCUT2D eigenvalue weighted by Gasteiger charge is 2.20. The average Bonchev–Trinajstić information content (AvgIpc) is 2.04. The SMILES string of the molecule is O=S1(=O)OC=Cc2ccccc21. The Kier molecular flexibility index (Phi) is 1.44. The van der Waals surface area contributed by atoms with E-state index in [-0.39, 0.29) is 4.90 Å². The molecule has 1 aromatic carbocycles. The van der Waals surface area contributed by atoms with E-state index in [4.69, 9.17) is 0 Å². The van der Waals surface area contributed by atoms with Crippen LogP contribution in [0.2, 0.25) is 0 Å². The van der Waals surface area contributed by atoms with Gasteiger partial charge in [-0.2, -0.15) is 8.42 Å². The van der Waals surface area contributed by atoms with Crippen LogP contribution in [0.1, 0.15) is 5.56 Å². The van der Waals surface area contributed by atoms with E-state index in [2.05, 4.69) is 4.18 Å². The van der Waals surface area contributed by atoms with Gasteiger partial charge in [-0.1, -0.05) is 18.2 Å². The molecule has 0 aliphatic carbocycles. The van der Waals surface area contributed by atoms with Crippen molar-refractivity contribution < 1.29 is 12.6 Å². The molecule has 0 radical (unpaired) electrons. The van der Waals surface area contributed by atoms with Gasteiger partial charge in [0.1, 0.15) is 11.2 Å². The Morgan fingerprint density at radius 1 is 1.17 bits per heavy atom. The van der Waals surface area contributed by atoms with Crippen LogP contribution in [-0.4, -0.2) is 8.42 Å². The Hall–Kier alpha value is -1.29. The lowest BCUT2D eigenvalue weighted by Gasteiger charge is -2.10. The first kappa shape index (κ1) is 7.36. The number of hydrogen-bond acceptors (Lipinski definition) is 3. The minimum Gasteiger partial charge on any atom is -0.387 e. The molecule has 1 aliphatic heterocycles. The zero-order chi connectivity index (χ0) is 8.60. The molecule has 1 aromatic rings. The quantitative estimate of drug-likeness (QED) is 0.569. The van der Waals surface area contributed by atoms with Crippen LogP contribution in [-0.2, 0) is 14.3 Å². The van der Waals surface area contributed by atoms with Crippen molar-refractivity contribution in [1.82, 2.24) is 0 Å². The fourth-order valence-electron chi connectivity index (χ4n) is 1.07. The van der Waals surface area contributed by atoms with E-state index in [0.29, 0.717) is 5.56 Å². The summed E-state index contributed by atoms with van der Waals surface area (Å²) >= 11 is 0. The van der Waals surface area contributed by atoms with Crippen molar-refractivity contribution in [2.24, 2.45) is 0 Å². The highest BCUT2D eigenvalue weighted by molar-refractivity contribution is 7.87. The maximum atomic E-state index is 11.2. The summed E-state index contributed by atoms with van der Waals surface area (Å²) in [6, 6.07) is 6.70. The zero-order valence-electron chi connectivity index (χ0n) is 6.10. The van der Waals surface area contributed by atoms with Crippen LogP contribution in [0.4, 0.5) is 0 Å². The van der Waals surface area contributed by atoms with Crippen molar-refractivity contribution in [2.75, 3.05) is 0 Å². The lowest BCUT2D eigenvalue weighted by atomic mass is 10.2. The minimum atomic E-state index is -3.53. The largest absolute Gasteiger partial charge is 0.387 e. The second kappa shape index (κ2) is 2.35. The van der Waals surface area contributed by atoms with Gasteiger partial charge in [0.25, 0.3) is 0 Å². The molecular weight excluding hydrogens is 176 g/mol. The second-order valence-corrected chi connectivity index (χ2v) is 3.93. The summed E-state index contributed by atoms with van der Waals surface area (Å²) in [6.07, 6.45) is 2.80. The number of hydrogen-bond donors (Lipinski definition) is 0. The molecule has 2 rings (SSSR count). The normalized spacial score (nSPS) is 18.0. The molecule has 0 spiro atoms. The molecule has 0 saturated heterocycles. The standard InChI is InChI=1S/C8H6O3S/c9-12(10)8-4-2-1-3-7(8)5-6-11-12/h1-6H. The Labute approximate surface area is 70.4 Å².